The van der Waals surface area contributed by atoms with Crippen molar-refractivity contribution in [1.29, 1.82) is 0 Å². The Labute approximate surface area is 198 Å². The Bertz CT molecular complexity index is 1310. The molecule has 2 heterocycles. The number of nitrogens with zero attached hydrogens (tertiary/aromatic N) is 6. The third-order valence-corrected chi connectivity index (χ3v) is 8.37. The van der Waals surface area contributed by atoms with E-state index in [0.29, 0.717) is 29.5 Å². The van der Waals surface area contributed by atoms with Gasteiger partial charge in [-0.3, -0.25) is 0 Å². The number of hydrogen-bond donors (Lipinski definition) is 1. The van der Waals surface area contributed by atoms with Gasteiger partial charge in [-0.25, -0.2) is 17.9 Å². The van der Waals surface area contributed by atoms with Crippen LogP contribution in [0.1, 0.15) is 24.0 Å². The fourth-order valence-electron chi connectivity index (χ4n) is 4.56. The first kappa shape index (κ1) is 22.5. The van der Waals surface area contributed by atoms with Gasteiger partial charge in [0.15, 0.2) is 5.82 Å². The fraction of sp³-hybridized carbons (Fsp3) is 0.391. The van der Waals surface area contributed by atoms with E-state index in [1.54, 1.807) is 34.8 Å². The summed E-state index contributed by atoms with van der Waals surface area (Å²) in [6.45, 7) is 1.17. The molecule has 10 nitrogen and oxygen atoms in total. The van der Waals surface area contributed by atoms with Crippen molar-refractivity contribution in [3.05, 3.63) is 53.6 Å². The lowest BCUT2D eigenvalue weighted by atomic mass is 9.92. The standard InChI is InChI=1S/C23H27N7O3S/c1-28-22(25-26-27-28)19-7-4-8-20(15-19)24-23(31)29-11-13-30(14-12-29)34(32,33)21-10-9-17-5-2-3-6-18(17)16-21/h4,7-10,15-16H,2-3,5-6,11-14H2,1H3,(H,24,31). The van der Waals surface area contributed by atoms with Crippen molar-refractivity contribution in [2.75, 3.05) is 31.5 Å². The van der Waals surface area contributed by atoms with Crippen LogP contribution < -0.4 is 5.32 Å². The maximum atomic E-state index is 13.2. The van der Waals surface area contributed by atoms with Crippen LogP contribution in [0.5, 0.6) is 0 Å². The number of rotatable bonds is 4. The van der Waals surface area contributed by atoms with Gasteiger partial charge in [0.05, 0.1) is 4.90 Å². The van der Waals surface area contributed by atoms with E-state index in [4.69, 9.17) is 0 Å². The van der Waals surface area contributed by atoms with Gasteiger partial charge in [0.25, 0.3) is 0 Å². The molecule has 5 rings (SSSR count). The van der Waals surface area contributed by atoms with E-state index in [1.165, 1.54) is 9.87 Å². The van der Waals surface area contributed by atoms with Crippen LogP contribution in [0.2, 0.25) is 0 Å². The van der Waals surface area contributed by atoms with Gasteiger partial charge < -0.3 is 10.2 Å². The molecule has 0 radical (unpaired) electrons. The number of carbonyl (C=O) groups is 1. The molecule has 1 fully saturated rings. The van der Waals surface area contributed by atoms with Crippen molar-refractivity contribution in [3.8, 4) is 11.4 Å². The molecular weight excluding hydrogens is 454 g/mol. The lowest BCUT2D eigenvalue weighted by Crippen LogP contribution is -2.51. The second-order valence-electron chi connectivity index (χ2n) is 8.67. The number of fused-ring (bicyclic) bond motifs is 1. The van der Waals surface area contributed by atoms with Crippen molar-refractivity contribution < 1.29 is 13.2 Å². The molecule has 1 aliphatic carbocycles. The van der Waals surface area contributed by atoms with Crippen LogP contribution >= 0.6 is 0 Å². The quantitative estimate of drug-likeness (QED) is 0.612. The highest BCUT2D eigenvalue weighted by Crippen LogP contribution is 2.26. The number of aromatic nitrogens is 4. The van der Waals surface area contributed by atoms with Crippen LogP contribution in [0.4, 0.5) is 10.5 Å². The Morgan fingerprint density at radius 1 is 0.971 bits per heavy atom. The number of amides is 2. The Hall–Kier alpha value is -3.31. The average Bonchev–Trinajstić information content (AvgIpc) is 3.30. The van der Waals surface area contributed by atoms with Crippen molar-refractivity contribution in [2.45, 2.75) is 30.6 Å². The predicted octanol–water partition coefficient (Wildman–Crippen LogP) is 2.29. The zero-order valence-corrected chi connectivity index (χ0v) is 19.8. The number of tetrazole rings is 1. The summed E-state index contributed by atoms with van der Waals surface area (Å²) >= 11 is 0. The van der Waals surface area contributed by atoms with E-state index in [1.807, 2.05) is 24.3 Å². The van der Waals surface area contributed by atoms with Gasteiger partial charge >= 0.3 is 6.03 Å². The first-order chi connectivity index (χ1) is 16.4. The number of hydrogen-bond acceptors (Lipinski definition) is 6. The van der Waals surface area contributed by atoms with Crippen molar-refractivity contribution in [1.82, 2.24) is 29.4 Å². The molecule has 3 aromatic rings. The maximum absolute atomic E-state index is 13.2. The average molecular weight is 482 g/mol. The van der Waals surface area contributed by atoms with Crippen LogP contribution in [0.25, 0.3) is 11.4 Å². The van der Waals surface area contributed by atoms with E-state index < -0.39 is 10.0 Å². The van der Waals surface area contributed by atoms with E-state index in [0.717, 1.165) is 36.8 Å². The first-order valence-electron chi connectivity index (χ1n) is 11.4. The Morgan fingerprint density at radius 3 is 2.47 bits per heavy atom. The number of anilines is 1. The second-order valence-corrected chi connectivity index (χ2v) is 10.6. The molecule has 2 amide bonds. The molecule has 0 saturated carbocycles. The molecule has 0 unspecified atom stereocenters. The van der Waals surface area contributed by atoms with Gasteiger partial charge in [0.2, 0.25) is 10.0 Å². The van der Waals surface area contributed by atoms with E-state index >= 15 is 0 Å². The van der Waals surface area contributed by atoms with E-state index in [-0.39, 0.29) is 19.1 Å². The Morgan fingerprint density at radius 2 is 1.74 bits per heavy atom. The number of carbonyl (C=O) groups excluding carboxylic acids is 1. The van der Waals surface area contributed by atoms with Gasteiger partial charge in [0.1, 0.15) is 0 Å². The van der Waals surface area contributed by atoms with Gasteiger partial charge in [-0.2, -0.15) is 4.31 Å². The van der Waals surface area contributed by atoms with Crippen molar-refractivity contribution in [2.24, 2.45) is 7.05 Å². The molecule has 1 N–H and O–H groups in total. The zero-order chi connectivity index (χ0) is 23.7. The summed E-state index contributed by atoms with van der Waals surface area (Å²) in [5, 5.41) is 14.4. The smallest absolute Gasteiger partial charge is 0.321 e. The van der Waals surface area contributed by atoms with Crippen LogP contribution in [0.15, 0.2) is 47.4 Å². The van der Waals surface area contributed by atoms with Crippen molar-refractivity contribution >= 4 is 21.7 Å². The van der Waals surface area contributed by atoms with Gasteiger partial charge in [-0.1, -0.05) is 18.2 Å². The molecule has 11 heteroatoms. The summed E-state index contributed by atoms with van der Waals surface area (Å²) in [6, 6.07) is 12.5. The zero-order valence-electron chi connectivity index (χ0n) is 19.0. The molecule has 1 aromatic heterocycles. The minimum absolute atomic E-state index is 0.261. The summed E-state index contributed by atoms with van der Waals surface area (Å²) in [7, 11) is -1.84. The molecule has 2 aromatic carbocycles. The number of benzene rings is 2. The minimum atomic E-state index is -3.58. The third-order valence-electron chi connectivity index (χ3n) is 6.48. The normalized spacial score (nSPS) is 16.8. The highest BCUT2D eigenvalue weighted by Gasteiger charge is 2.30. The number of aryl methyl sites for hydroxylation is 3. The summed E-state index contributed by atoms with van der Waals surface area (Å²) in [4.78, 5) is 14.8. The third kappa shape index (κ3) is 4.40. The molecule has 2 aliphatic rings. The second kappa shape index (κ2) is 9.15. The summed E-state index contributed by atoms with van der Waals surface area (Å²) in [5.74, 6) is 0.595. The first-order valence-corrected chi connectivity index (χ1v) is 12.9. The fourth-order valence-corrected chi connectivity index (χ4v) is 6.04. The lowest BCUT2D eigenvalue weighted by Gasteiger charge is -2.34. The van der Waals surface area contributed by atoms with Crippen LogP contribution in [-0.2, 0) is 29.9 Å². The SMILES string of the molecule is Cn1nnnc1-c1cccc(NC(=O)N2CCN(S(=O)(=O)c3ccc4c(c3)CCCC4)CC2)c1. The van der Waals surface area contributed by atoms with E-state index in [9.17, 15) is 13.2 Å². The number of urea groups is 1. The minimum Gasteiger partial charge on any atom is -0.322 e. The highest BCUT2D eigenvalue weighted by atomic mass is 32.2. The largest absolute Gasteiger partial charge is 0.322 e. The lowest BCUT2D eigenvalue weighted by molar-refractivity contribution is 0.184. The van der Waals surface area contributed by atoms with Crippen LogP contribution in [-0.4, -0.2) is 70.0 Å². The van der Waals surface area contributed by atoms with Gasteiger partial charge in [-0.15, -0.1) is 5.10 Å². The molecule has 0 spiro atoms. The van der Waals surface area contributed by atoms with Crippen LogP contribution in [0, 0.1) is 0 Å². The molecule has 0 atom stereocenters. The topological polar surface area (TPSA) is 113 Å². The molecule has 34 heavy (non-hydrogen) atoms. The number of nitrogens with one attached hydrogen (secondary N) is 1. The number of sulfonamides is 1. The summed E-state index contributed by atoms with van der Waals surface area (Å²) in [5.41, 5.74) is 3.80. The highest BCUT2D eigenvalue weighted by molar-refractivity contribution is 7.89. The Kier molecular flexibility index (Phi) is 6.05. The summed E-state index contributed by atoms with van der Waals surface area (Å²) in [6.07, 6.45) is 4.20. The predicted molar refractivity (Wildman–Crippen MR) is 127 cm³/mol. The number of piperazine rings is 1. The van der Waals surface area contributed by atoms with Gasteiger partial charge in [0, 0.05) is 44.5 Å². The molecule has 178 valence electrons. The maximum Gasteiger partial charge on any atom is 0.321 e. The monoisotopic (exact) mass is 481 g/mol. The molecular formula is C23H27N7O3S. The Balaban J connectivity index is 1.22. The van der Waals surface area contributed by atoms with Crippen LogP contribution in [0.3, 0.4) is 0 Å². The van der Waals surface area contributed by atoms with E-state index in [2.05, 4.69) is 20.8 Å². The molecule has 1 saturated heterocycles. The summed E-state index contributed by atoms with van der Waals surface area (Å²) < 4.78 is 29.4. The molecule has 0 bridgehead atoms. The van der Waals surface area contributed by atoms with Gasteiger partial charge in [-0.05, 0) is 71.5 Å². The van der Waals surface area contributed by atoms with Crippen molar-refractivity contribution in [3.63, 3.8) is 0 Å². The molecule has 1 aliphatic heterocycles.